The van der Waals surface area contributed by atoms with Crippen molar-refractivity contribution in [3.8, 4) is 50.8 Å². The number of aromatic nitrogens is 5. The van der Waals surface area contributed by atoms with Crippen LogP contribution < -0.4 is 0 Å². The number of hydrogen-bond donors (Lipinski definition) is 0. The van der Waals surface area contributed by atoms with Crippen LogP contribution in [0.2, 0.25) is 0 Å². The normalized spacial score (nSPS) is 11.6. The van der Waals surface area contributed by atoms with Gasteiger partial charge in [0.05, 0.1) is 11.0 Å². The molecule has 57 heavy (non-hydrogen) atoms. The zero-order valence-corrected chi connectivity index (χ0v) is 30.7. The molecule has 0 amide bonds. The molecular formula is C51H33N5O. The fourth-order valence-electron chi connectivity index (χ4n) is 8.14. The van der Waals surface area contributed by atoms with Gasteiger partial charge in [0.2, 0.25) is 0 Å². The van der Waals surface area contributed by atoms with Crippen molar-refractivity contribution in [1.29, 1.82) is 0 Å². The lowest BCUT2D eigenvalue weighted by atomic mass is 9.94. The van der Waals surface area contributed by atoms with Gasteiger partial charge in [0, 0.05) is 56.4 Å². The molecule has 0 bridgehead atoms. The lowest BCUT2D eigenvalue weighted by Gasteiger charge is -2.16. The van der Waals surface area contributed by atoms with Gasteiger partial charge in [0.1, 0.15) is 17.2 Å². The molecule has 11 rings (SSSR count). The van der Waals surface area contributed by atoms with Crippen molar-refractivity contribution in [3.05, 3.63) is 200 Å². The Hall–Kier alpha value is -7.70. The van der Waals surface area contributed by atoms with E-state index in [-0.39, 0.29) is 0 Å². The third-order valence-electron chi connectivity index (χ3n) is 10.8. The van der Waals surface area contributed by atoms with Crippen LogP contribution in [0.15, 0.2) is 193 Å². The Labute approximate surface area is 328 Å². The fraction of sp³-hybridized carbons (Fsp3) is 0.0196. The van der Waals surface area contributed by atoms with E-state index < -0.39 is 0 Å². The Kier molecular flexibility index (Phi) is 7.78. The zero-order chi connectivity index (χ0) is 37.7. The average molecular weight is 732 g/mol. The number of hydrogen-bond acceptors (Lipinski definition) is 5. The molecule has 6 nitrogen and oxygen atoms in total. The molecule has 0 aliphatic carbocycles. The van der Waals surface area contributed by atoms with Crippen LogP contribution in [0.5, 0.6) is 0 Å². The van der Waals surface area contributed by atoms with E-state index in [1.807, 2.05) is 85.1 Å². The largest absolute Gasteiger partial charge is 0.454 e. The topological polar surface area (TPSA) is 69.6 Å². The minimum absolute atomic E-state index is 0.399. The van der Waals surface area contributed by atoms with Crippen LogP contribution in [0.1, 0.15) is 11.4 Å². The smallest absolute Gasteiger partial charge is 0.163 e. The minimum Gasteiger partial charge on any atom is -0.454 e. The van der Waals surface area contributed by atoms with E-state index >= 15 is 0 Å². The minimum atomic E-state index is 0.399. The highest BCUT2D eigenvalue weighted by atomic mass is 16.3. The van der Waals surface area contributed by atoms with Crippen LogP contribution in [0.4, 0.5) is 0 Å². The van der Waals surface area contributed by atoms with Crippen LogP contribution in [0.3, 0.4) is 0 Å². The number of benzene rings is 7. The van der Waals surface area contributed by atoms with Gasteiger partial charge in [-0.1, -0.05) is 158 Å². The molecule has 0 saturated heterocycles. The molecule has 0 aliphatic rings. The standard InChI is InChI=1S/C51H33N5O/c1-4-16-33(17-5-1)38-22-10-11-23-39(38)37-30-36(31-46-53-49(34-18-6-2-7-19-34)55-50(54-46)35-20-8-3-9-21-35)51(52-32-37)56-44-26-14-12-24-40(44)42-28-29-43-41-25-13-15-27-45(41)57-48(43)47(42)56/h1-30,32H,31H2. The van der Waals surface area contributed by atoms with Gasteiger partial charge in [0.15, 0.2) is 17.2 Å². The van der Waals surface area contributed by atoms with Crippen LogP contribution in [0.25, 0.3) is 94.6 Å². The van der Waals surface area contributed by atoms with Crippen molar-refractivity contribution in [3.63, 3.8) is 0 Å². The Morgan fingerprint density at radius 2 is 1.02 bits per heavy atom. The first kappa shape index (κ1) is 32.7. The van der Waals surface area contributed by atoms with Crippen LogP contribution in [-0.2, 0) is 6.42 Å². The molecular weight excluding hydrogens is 699 g/mol. The zero-order valence-electron chi connectivity index (χ0n) is 30.7. The van der Waals surface area contributed by atoms with Gasteiger partial charge in [0.25, 0.3) is 0 Å². The van der Waals surface area contributed by atoms with Crippen molar-refractivity contribution in [2.24, 2.45) is 0 Å². The lowest BCUT2D eigenvalue weighted by Crippen LogP contribution is -2.08. The molecule has 268 valence electrons. The van der Waals surface area contributed by atoms with Crippen LogP contribution in [0, 0.1) is 0 Å². The van der Waals surface area contributed by atoms with E-state index in [0.717, 1.165) is 88.5 Å². The van der Waals surface area contributed by atoms with Gasteiger partial charge in [-0.15, -0.1) is 0 Å². The molecule has 0 atom stereocenters. The van der Waals surface area contributed by atoms with Crippen molar-refractivity contribution in [2.45, 2.75) is 6.42 Å². The van der Waals surface area contributed by atoms with Crippen LogP contribution in [-0.4, -0.2) is 24.5 Å². The quantitative estimate of drug-likeness (QED) is 0.163. The molecule has 4 aromatic heterocycles. The van der Waals surface area contributed by atoms with Gasteiger partial charge in [-0.25, -0.2) is 19.9 Å². The van der Waals surface area contributed by atoms with Gasteiger partial charge >= 0.3 is 0 Å². The summed E-state index contributed by atoms with van der Waals surface area (Å²) in [4.78, 5) is 20.7. The number of pyridine rings is 1. The van der Waals surface area contributed by atoms with Crippen molar-refractivity contribution in [1.82, 2.24) is 24.5 Å². The maximum atomic E-state index is 6.72. The average Bonchev–Trinajstić information content (AvgIpc) is 3.83. The SMILES string of the molecule is c1ccc(-c2nc(Cc3cc(-c4ccccc4-c4ccccc4)cnc3-n3c4ccccc4c4ccc5c6ccccc6oc5c43)nc(-c3ccccc3)n2)cc1. The third-order valence-corrected chi connectivity index (χ3v) is 10.8. The lowest BCUT2D eigenvalue weighted by molar-refractivity contribution is 0.671. The highest BCUT2D eigenvalue weighted by molar-refractivity contribution is 6.21. The number of para-hydroxylation sites is 2. The summed E-state index contributed by atoms with van der Waals surface area (Å²) in [5.41, 5.74) is 10.9. The molecule has 6 heteroatoms. The van der Waals surface area contributed by atoms with Gasteiger partial charge < -0.3 is 4.42 Å². The summed E-state index contributed by atoms with van der Waals surface area (Å²) in [7, 11) is 0. The van der Waals surface area contributed by atoms with E-state index in [0.29, 0.717) is 23.9 Å². The fourth-order valence-corrected chi connectivity index (χ4v) is 8.14. The summed E-state index contributed by atoms with van der Waals surface area (Å²) in [6, 6.07) is 62.7. The molecule has 0 spiro atoms. The van der Waals surface area contributed by atoms with E-state index in [4.69, 9.17) is 24.4 Å². The van der Waals surface area contributed by atoms with Gasteiger partial charge in [-0.05, 0) is 41.0 Å². The molecule has 4 heterocycles. The second-order valence-electron chi connectivity index (χ2n) is 14.2. The second kappa shape index (κ2) is 13.6. The predicted molar refractivity (Wildman–Crippen MR) is 230 cm³/mol. The van der Waals surface area contributed by atoms with E-state index in [1.54, 1.807) is 0 Å². The molecule has 0 N–H and O–H groups in total. The number of furan rings is 1. The summed E-state index contributed by atoms with van der Waals surface area (Å²) < 4.78 is 8.99. The molecule has 11 aromatic rings. The third kappa shape index (κ3) is 5.66. The molecule has 0 unspecified atom stereocenters. The summed E-state index contributed by atoms with van der Waals surface area (Å²) in [5, 5.41) is 4.37. The van der Waals surface area contributed by atoms with E-state index in [9.17, 15) is 0 Å². The highest BCUT2D eigenvalue weighted by Gasteiger charge is 2.23. The first-order valence-corrected chi connectivity index (χ1v) is 19.1. The van der Waals surface area contributed by atoms with Gasteiger partial charge in [-0.2, -0.15) is 0 Å². The summed E-state index contributed by atoms with van der Waals surface area (Å²) in [5.74, 6) is 2.69. The maximum absolute atomic E-state index is 6.72. The second-order valence-corrected chi connectivity index (χ2v) is 14.2. The first-order valence-electron chi connectivity index (χ1n) is 19.1. The Morgan fingerprint density at radius 3 is 1.72 bits per heavy atom. The molecule has 0 saturated carbocycles. The Bertz CT molecular complexity index is 3200. The van der Waals surface area contributed by atoms with Crippen LogP contribution >= 0.6 is 0 Å². The summed E-state index contributed by atoms with van der Waals surface area (Å²) in [6.07, 6.45) is 2.40. The molecule has 7 aromatic carbocycles. The molecule has 0 radical (unpaired) electrons. The maximum Gasteiger partial charge on any atom is 0.163 e. The molecule has 0 aliphatic heterocycles. The van der Waals surface area contributed by atoms with Gasteiger partial charge in [-0.3, -0.25) is 4.57 Å². The first-order chi connectivity index (χ1) is 28.3. The molecule has 0 fully saturated rings. The number of nitrogens with zero attached hydrogens (tertiary/aromatic N) is 5. The Morgan fingerprint density at radius 1 is 0.456 bits per heavy atom. The Balaban J connectivity index is 1.19. The number of fused-ring (bicyclic) bond motifs is 7. The van der Waals surface area contributed by atoms with E-state index in [1.165, 1.54) is 0 Å². The van der Waals surface area contributed by atoms with Crippen molar-refractivity contribution in [2.75, 3.05) is 0 Å². The summed E-state index contributed by atoms with van der Waals surface area (Å²) in [6.45, 7) is 0. The monoisotopic (exact) mass is 731 g/mol. The number of rotatable bonds is 7. The van der Waals surface area contributed by atoms with Crippen molar-refractivity contribution < 1.29 is 4.42 Å². The van der Waals surface area contributed by atoms with E-state index in [2.05, 4.69) is 108 Å². The van der Waals surface area contributed by atoms with Crippen molar-refractivity contribution >= 4 is 43.7 Å². The summed E-state index contributed by atoms with van der Waals surface area (Å²) >= 11 is 0. The predicted octanol–water partition coefficient (Wildman–Crippen LogP) is 12.5. The highest BCUT2D eigenvalue weighted by Crippen LogP contribution is 2.41.